The van der Waals surface area contributed by atoms with Crippen LogP contribution < -0.4 is 15.5 Å². The molecule has 0 atom stereocenters. The first-order chi connectivity index (χ1) is 12.7. The van der Waals surface area contributed by atoms with Gasteiger partial charge in [-0.25, -0.2) is 15.0 Å². The van der Waals surface area contributed by atoms with Crippen molar-refractivity contribution in [1.29, 1.82) is 0 Å². The first-order valence-corrected chi connectivity index (χ1v) is 9.59. The van der Waals surface area contributed by atoms with Gasteiger partial charge in [-0.05, 0) is 43.2 Å². The van der Waals surface area contributed by atoms with Gasteiger partial charge in [0.2, 0.25) is 5.95 Å². The first-order valence-electron chi connectivity index (χ1n) is 8.77. The van der Waals surface area contributed by atoms with Crippen LogP contribution in [0.2, 0.25) is 0 Å². The molecule has 6 nitrogen and oxygen atoms in total. The molecule has 0 aliphatic carbocycles. The van der Waals surface area contributed by atoms with E-state index in [1.807, 2.05) is 12.3 Å². The summed E-state index contributed by atoms with van der Waals surface area (Å²) in [6.07, 6.45) is 3.73. The van der Waals surface area contributed by atoms with E-state index < -0.39 is 0 Å². The average molecular weight is 366 g/mol. The maximum absolute atomic E-state index is 4.65. The zero-order valence-electron chi connectivity index (χ0n) is 15.0. The first kappa shape index (κ1) is 16.9. The summed E-state index contributed by atoms with van der Waals surface area (Å²) in [5.74, 6) is 0.589. The molecule has 3 heterocycles. The van der Waals surface area contributed by atoms with Crippen LogP contribution in [0, 0.1) is 13.8 Å². The SMILES string of the molecule is Cc1cc(C)cc(Nc2nccc(-c3ncc(N4CCNCC4)s3)n2)c1. The maximum atomic E-state index is 4.65. The van der Waals surface area contributed by atoms with Crippen molar-refractivity contribution in [3.63, 3.8) is 0 Å². The normalized spacial score (nSPS) is 14.5. The third kappa shape index (κ3) is 3.84. The molecule has 7 heteroatoms. The molecule has 0 spiro atoms. The Bertz CT molecular complexity index is 880. The fourth-order valence-corrected chi connectivity index (χ4v) is 4.07. The van der Waals surface area contributed by atoms with Crippen molar-refractivity contribution in [2.75, 3.05) is 36.4 Å². The fourth-order valence-electron chi connectivity index (χ4n) is 3.13. The molecule has 1 aliphatic rings. The zero-order chi connectivity index (χ0) is 17.9. The van der Waals surface area contributed by atoms with E-state index >= 15 is 0 Å². The van der Waals surface area contributed by atoms with E-state index in [0.29, 0.717) is 5.95 Å². The van der Waals surface area contributed by atoms with E-state index in [4.69, 9.17) is 0 Å². The molecule has 26 heavy (non-hydrogen) atoms. The highest BCUT2D eigenvalue weighted by atomic mass is 32.1. The van der Waals surface area contributed by atoms with Crippen LogP contribution in [0.4, 0.5) is 16.6 Å². The van der Waals surface area contributed by atoms with Gasteiger partial charge >= 0.3 is 0 Å². The van der Waals surface area contributed by atoms with E-state index in [9.17, 15) is 0 Å². The minimum absolute atomic E-state index is 0.589. The van der Waals surface area contributed by atoms with E-state index in [1.165, 1.54) is 16.1 Å². The maximum Gasteiger partial charge on any atom is 0.227 e. The van der Waals surface area contributed by atoms with E-state index in [-0.39, 0.29) is 0 Å². The number of piperazine rings is 1. The van der Waals surface area contributed by atoms with Gasteiger partial charge in [0.25, 0.3) is 0 Å². The summed E-state index contributed by atoms with van der Waals surface area (Å²) in [6, 6.07) is 8.24. The highest BCUT2D eigenvalue weighted by molar-refractivity contribution is 7.18. The van der Waals surface area contributed by atoms with Crippen LogP contribution in [0.3, 0.4) is 0 Å². The lowest BCUT2D eigenvalue weighted by molar-refractivity contribution is 0.591. The molecule has 1 fully saturated rings. The highest BCUT2D eigenvalue weighted by Gasteiger charge is 2.15. The molecular formula is C19H22N6S. The van der Waals surface area contributed by atoms with E-state index in [0.717, 1.165) is 42.6 Å². The van der Waals surface area contributed by atoms with Crippen LogP contribution in [-0.2, 0) is 0 Å². The summed E-state index contributed by atoms with van der Waals surface area (Å²) < 4.78 is 0. The van der Waals surface area contributed by atoms with Crippen LogP contribution in [0.1, 0.15) is 11.1 Å². The Labute approximate surface area is 157 Å². The molecule has 2 N–H and O–H groups in total. The van der Waals surface area contributed by atoms with Crippen molar-refractivity contribution in [1.82, 2.24) is 20.3 Å². The predicted molar refractivity (Wildman–Crippen MR) is 107 cm³/mol. The summed E-state index contributed by atoms with van der Waals surface area (Å²) >= 11 is 1.68. The molecule has 0 bridgehead atoms. The van der Waals surface area contributed by atoms with Gasteiger partial charge in [0.05, 0.1) is 6.20 Å². The predicted octanol–water partition coefficient (Wildman–Crippen LogP) is 3.37. The average Bonchev–Trinajstić information content (AvgIpc) is 3.12. The molecular weight excluding hydrogens is 344 g/mol. The molecule has 0 radical (unpaired) electrons. The van der Waals surface area contributed by atoms with Crippen molar-refractivity contribution in [2.24, 2.45) is 0 Å². The summed E-state index contributed by atoms with van der Waals surface area (Å²) in [7, 11) is 0. The molecule has 1 saturated heterocycles. The Morgan fingerprint density at radius 3 is 2.62 bits per heavy atom. The third-order valence-electron chi connectivity index (χ3n) is 4.27. The van der Waals surface area contributed by atoms with Crippen LogP contribution in [0.5, 0.6) is 0 Å². The molecule has 0 saturated carbocycles. The summed E-state index contributed by atoms with van der Waals surface area (Å²) in [6.45, 7) is 8.25. The number of nitrogens with zero attached hydrogens (tertiary/aromatic N) is 4. The zero-order valence-corrected chi connectivity index (χ0v) is 15.8. The quantitative estimate of drug-likeness (QED) is 0.738. The lowest BCUT2D eigenvalue weighted by atomic mass is 10.1. The molecule has 1 aliphatic heterocycles. The Morgan fingerprint density at radius 1 is 1.08 bits per heavy atom. The fraction of sp³-hybridized carbons (Fsp3) is 0.316. The van der Waals surface area contributed by atoms with Gasteiger partial charge in [0.15, 0.2) is 0 Å². The number of benzene rings is 1. The number of anilines is 3. The number of aryl methyl sites for hydroxylation is 2. The summed E-state index contributed by atoms with van der Waals surface area (Å²) in [4.78, 5) is 15.9. The van der Waals surface area contributed by atoms with Crippen LogP contribution in [-0.4, -0.2) is 41.1 Å². The van der Waals surface area contributed by atoms with Crippen molar-refractivity contribution in [3.8, 4) is 10.7 Å². The summed E-state index contributed by atoms with van der Waals surface area (Å²) in [5, 5.41) is 8.80. The van der Waals surface area contributed by atoms with Gasteiger partial charge in [-0.3, -0.25) is 0 Å². The Kier molecular flexibility index (Phi) is 4.81. The van der Waals surface area contributed by atoms with E-state index in [1.54, 1.807) is 17.5 Å². The van der Waals surface area contributed by atoms with Crippen molar-refractivity contribution < 1.29 is 0 Å². The van der Waals surface area contributed by atoms with Crippen molar-refractivity contribution in [2.45, 2.75) is 13.8 Å². The minimum atomic E-state index is 0.589. The number of hydrogen-bond acceptors (Lipinski definition) is 7. The van der Waals surface area contributed by atoms with Gasteiger partial charge in [0, 0.05) is 38.1 Å². The summed E-state index contributed by atoms with van der Waals surface area (Å²) in [5.41, 5.74) is 4.27. The number of aromatic nitrogens is 3. The van der Waals surface area contributed by atoms with Crippen LogP contribution in [0.25, 0.3) is 10.7 Å². The van der Waals surface area contributed by atoms with Gasteiger partial charge in [0.1, 0.15) is 15.7 Å². The smallest absolute Gasteiger partial charge is 0.227 e. The molecule has 4 rings (SSSR count). The van der Waals surface area contributed by atoms with Gasteiger partial charge < -0.3 is 15.5 Å². The largest absolute Gasteiger partial charge is 0.360 e. The molecule has 1 aromatic carbocycles. The highest BCUT2D eigenvalue weighted by Crippen LogP contribution is 2.30. The minimum Gasteiger partial charge on any atom is -0.360 e. The van der Waals surface area contributed by atoms with Crippen LogP contribution in [0.15, 0.2) is 36.7 Å². The van der Waals surface area contributed by atoms with Gasteiger partial charge in [-0.2, -0.15) is 0 Å². The third-order valence-corrected chi connectivity index (χ3v) is 5.36. The number of nitrogens with one attached hydrogen (secondary N) is 2. The topological polar surface area (TPSA) is 66.0 Å². The van der Waals surface area contributed by atoms with E-state index in [2.05, 4.69) is 62.5 Å². The Balaban J connectivity index is 1.55. The molecule has 134 valence electrons. The van der Waals surface area contributed by atoms with Gasteiger partial charge in [-0.1, -0.05) is 17.4 Å². The second-order valence-electron chi connectivity index (χ2n) is 6.51. The molecule has 2 aromatic heterocycles. The second kappa shape index (κ2) is 7.39. The number of thiazole rings is 1. The monoisotopic (exact) mass is 366 g/mol. The lowest BCUT2D eigenvalue weighted by Gasteiger charge is -2.27. The van der Waals surface area contributed by atoms with Gasteiger partial charge in [-0.15, -0.1) is 0 Å². The molecule has 3 aromatic rings. The Hall–Kier alpha value is -2.51. The standard InChI is InChI=1S/C19H22N6S/c1-13-9-14(2)11-15(10-13)23-19-21-4-3-16(24-19)18-22-12-17(26-18)25-7-5-20-6-8-25/h3-4,9-12,20H,5-8H2,1-2H3,(H,21,23,24). The number of hydrogen-bond donors (Lipinski definition) is 2. The van der Waals surface area contributed by atoms with Crippen molar-refractivity contribution in [3.05, 3.63) is 47.8 Å². The lowest BCUT2D eigenvalue weighted by Crippen LogP contribution is -2.43. The second-order valence-corrected chi connectivity index (χ2v) is 7.52. The van der Waals surface area contributed by atoms with Crippen molar-refractivity contribution >= 4 is 28.0 Å². The number of rotatable bonds is 4. The molecule has 0 amide bonds. The van der Waals surface area contributed by atoms with Crippen LogP contribution >= 0.6 is 11.3 Å². The molecule has 0 unspecified atom stereocenters. The Morgan fingerprint density at radius 2 is 1.85 bits per heavy atom.